The first-order valence-corrected chi connectivity index (χ1v) is 10.5. The van der Waals surface area contributed by atoms with Gasteiger partial charge in [0.05, 0.1) is 13.0 Å². The molecule has 6 nitrogen and oxygen atoms in total. The number of carboxylic acids is 1. The third kappa shape index (κ3) is 5.15. The molecule has 0 aliphatic heterocycles. The molecule has 0 spiro atoms. The van der Waals surface area contributed by atoms with Gasteiger partial charge in [0.2, 0.25) is 0 Å². The smallest absolute Gasteiger partial charge is 0.303 e. The van der Waals surface area contributed by atoms with Gasteiger partial charge in [0.1, 0.15) is 5.75 Å². The summed E-state index contributed by atoms with van der Waals surface area (Å²) in [5.41, 5.74) is 5.20. The van der Waals surface area contributed by atoms with Gasteiger partial charge in [0.15, 0.2) is 5.49 Å². The maximum absolute atomic E-state index is 11.4. The van der Waals surface area contributed by atoms with Crippen LogP contribution in [0.2, 0.25) is 0 Å². The number of pyridine rings is 1. The Bertz CT molecular complexity index is 1140. The fourth-order valence-electron chi connectivity index (χ4n) is 4.12. The van der Waals surface area contributed by atoms with Crippen LogP contribution in [0.25, 0.3) is 0 Å². The molecule has 1 aliphatic carbocycles. The molecular formula is C25H26N2O4. The van der Waals surface area contributed by atoms with E-state index in [1.54, 1.807) is 18.3 Å². The van der Waals surface area contributed by atoms with Crippen LogP contribution in [-0.4, -0.2) is 34.2 Å². The van der Waals surface area contributed by atoms with E-state index in [1.807, 2.05) is 24.3 Å². The van der Waals surface area contributed by atoms with E-state index in [0.717, 1.165) is 35.3 Å². The zero-order chi connectivity index (χ0) is 21.6. The van der Waals surface area contributed by atoms with Gasteiger partial charge in [-0.05, 0) is 65.3 Å². The number of carboxylic acid groups (broad SMARTS) is 1. The van der Waals surface area contributed by atoms with Gasteiger partial charge in [-0.15, -0.1) is 0 Å². The van der Waals surface area contributed by atoms with Gasteiger partial charge < -0.3 is 15.1 Å². The molecule has 0 unspecified atom stereocenters. The highest BCUT2D eigenvalue weighted by Gasteiger charge is 2.24. The fraction of sp³-hybridized carbons (Fsp3) is 0.280. The Morgan fingerprint density at radius 3 is 2.74 bits per heavy atom. The topological polar surface area (TPSA) is 84.0 Å². The number of rotatable bonds is 7. The van der Waals surface area contributed by atoms with E-state index in [9.17, 15) is 15.1 Å². The van der Waals surface area contributed by atoms with Crippen molar-refractivity contribution in [2.45, 2.75) is 31.6 Å². The number of hydrogen-bond donors (Lipinski definition) is 2. The molecule has 0 amide bonds. The van der Waals surface area contributed by atoms with E-state index >= 15 is 0 Å². The number of aliphatic carboxylic acids is 1. The monoisotopic (exact) mass is 418 g/mol. The molecule has 2 aromatic carbocycles. The molecule has 0 saturated carbocycles. The Labute approximate surface area is 181 Å². The normalized spacial score (nSPS) is 15.6. The SMILES string of the molecule is O=C(O)C[C@@H]1Cc2ccc(OCCCN=c3ccccn3O)cc2Cc2ccccc21. The van der Waals surface area contributed by atoms with Crippen LogP contribution in [0.4, 0.5) is 0 Å². The summed E-state index contributed by atoms with van der Waals surface area (Å²) in [6, 6.07) is 19.6. The van der Waals surface area contributed by atoms with Crippen LogP contribution < -0.4 is 10.2 Å². The first kappa shape index (κ1) is 20.7. The minimum Gasteiger partial charge on any atom is -0.494 e. The minimum atomic E-state index is -0.768. The van der Waals surface area contributed by atoms with Crippen molar-refractivity contribution in [2.75, 3.05) is 13.2 Å². The lowest BCUT2D eigenvalue weighted by atomic mass is 9.89. The number of benzene rings is 2. The summed E-state index contributed by atoms with van der Waals surface area (Å²) in [6.45, 7) is 1.08. The standard InChI is InChI=1S/C25H26N2O4/c28-25(29)17-21-14-18-9-10-22(16-20(18)15-19-6-1-2-7-23(19)21)31-13-5-11-26-24-8-3-4-12-27(24)30/h1-4,6-10,12,16,21,30H,5,11,13-15,17H2,(H,28,29)/t21-/m0/s1. The van der Waals surface area contributed by atoms with Gasteiger partial charge in [-0.3, -0.25) is 9.79 Å². The summed E-state index contributed by atoms with van der Waals surface area (Å²) in [5, 5.41) is 19.0. The molecule has 0 radical (unpaired) electrons. The molecule has 31 heavy (non-hydrogen) atoms. The Morgan fingerprint density at radius 2 is 1.90 bits per heavy atom. The number of aromatic nitrogens is 1. The third-order valence-corrected chi connectivity index (χ3v) is 5.60. The number of hydrogen-bond acceptors (Lipinski definition) is 4. The second-order valence-corrected chi connectivity index (χ2v) is 7.79. The Morgan fingerprint density at radius 1 is 1.06 bits per heavy atom. The molecule has 4 rings (SSSR count). The Hall–Kier alpha value is -3.54. The first-order chi connectivity index (χ1) is 15.1. The number of ether oxygens (including phenoxy) is 1. The highest BCUT2D eigenvalue weighted by atomic mass is 16.5. The lowest BCUT2D eigenvalue weighted by Gasteiger charge is -2.16. The lowest BCUT2D eigenvalue weighted by Crippen LogP contribution is -2.17. The van der Waals surface area contributed by atoms with E-state index in [2.05, 4.69) is 29.3 Å². The van der Waals surface area contributed by atoms with Gasteiger partial charge in [-0.1, -0.05) is 36.4 Å². The van der Waals surface area contributed by atoms with E-state index in [1.165, 1.54) is 16.7 Å². The van der Waals surface area contributed by atoms with Gasteiger partial charge in [0.25, 0.3) is 0 Å². The van der Waals surface area contributed by atoms with E-state index in [0.29, 0.717) is 18.6 Å². The molecule has 3 aromatic rings. The quantitative estimate of drug-likeness (QED) is 0.452. The van der Waals surface area contributed by atoms with Crippen molar-refractivity contribution in [1.82, 2.24) is 4.73 Å². The second kappa shape index (κ2) is 9.51. The third-order valence-electron chi connectivity index (χ3n) is 5.60. The van der Waals surface area contributed by atoms with Gasteiger partial charge in [-0.25, -0.2) is 0 Å². The predicted molar refractivity (Wildman–Crippen MR) is 117 cm³/mol. The van der Waals surface area contributed by atoms with E-state index < -0.39 is 5.97 Å². The van der Waals surface area contributed by atoms with E-state index in [4.69, 9.17) is 4.74 Å². The van der Waals surface area contributed by atoms with Crippen molar-refractivity contribution in [3.05, 3.63) is 94.6 Å². The lowest BCUT2D eigenvalue weighted by molar-refractivity contribution is -0.137. The molecule has 0 bridgehead atoms. The average Bonchev–Trinajstić information content (AvgIpc) is 2.90. The summed E-state index contributed by atoms with van der Waals surface area (Å²) >= 11 is 0. The van der Waals surface area contributed by atoms with Crippen LogP contribution in [0.3, 0.4) is 0 Å². The molecule has 1 heterocycles. The van der Waals surface area contributed by atoms with Crippen molar-refractivity contribution in [1.29, 1.82) is 0 Å². The Kier molecular flexibility index (Phi) is 6.36. The fourth-order valence-corrected chi connectivity index (χ4v) is 4.12. The second-order valence-electron chi connectivity index (χ2n) is 7.79. The van der Waals surface area contributed by atoms with Crippen molar-refractivity contribution in [2.24, 2.45) is 4.99 Å². The summed E-state index contributed by atoms with van der Waals surface area (Å²) in [6.07, 6.45) is 3.90. The highest BCUT2D eigenvalue weighted by molar-refractivity contribution is 5.68. The maximum atomic E-state index is 11.4. The van der Waals surface area contributed by atoms with Crippen molar-refractivity contribution in [3.8, 4) is 5.75 Å². The van der Waals surface area contributed by atoms with Crippen LogP contribution in [0.15, 0.2) is 71.9 Å². The van der Waals surface area contributed by atoms with Gasteiger partial charge >= 0.3 is 5.97 Å². The molecular weight excluding hydrogens is 392 g/mol. The largest absolute Gasteiger partial charge is 0.494 e. The van der Waals surface area contributed by atoms with Crippen LogP contribution in [0.5, 0.6) is 5.75 Å². The number of nitrogens with zero attached hydrogens (tertiary/aromatic N) is 2. The van der Waals surface area contributed by atoms with Crippen LogP contribution in [-0.2, 0) is 17.6 Å². The van der Waals surface area contributed by atoms with Crippen molar-refractivity contribution in [3.63, 3.8) is 0 Å². The molecule has 1 atom stereocenters. The predicted octanol–water partition coefficient (Wildman–Crippen LogP) is 3.80. The van der Waals surface area contributed by atoms with E-state index in [-0.39, 0.29) is 12.3 Å². The van der Waals surface area contributed by atoms with Crippen LogP contribution in [0.1, 0.15) is 41.0 Å². The first-order valence-electron chi connectivity index (χ1n) is 10.5. The average molecular weight is 418 g/mol. The van der Waals surface area contributed by atoms with Crippen molar-refractivity contribution >= 4 is 5.97 Å². The molecule has 160 valence electrons. The number of fused-ring (bicyclic) bond motifs is 2. The van der Waals surface area contributed by atoms with Gasteiger partial charge in [0, 0.05) is 19.2 Å². The zero-order valence-electron chi connectivity index (χ0n) is 17.3. The molecule has 6 heteroatoms. The summed E-state index contributed by atoms with van der Waals surface area (Å²) in [7, 11) is 0. The summed E-state index contributed by atoms with van der Waals surface area (Å²) in [4.78, 5) is 15.8. The highest BCUT2D eigenvalue weighted by Crippen LogP contribution is 2.35. The molecule has 0 saturated heterocycles. The molecule has 2 N–H and O–H groups in total. The maximum Gasteiger partial charge on any atom is 0.303 e. The summed E-state index contributed by atoms with van der Waals surface area (Å²) in [5.74, 6) is 0.0243. The van der Waals surface area contributed by atoms with Crippen LogP contribution in [0, 0.1) is 0 Å². The van der Waals surface area contributed by atoms with Crippen molar-refractivity contribution < 1.29 is 19.8 Å². The molecule has 1 aliphatic rings. The number of carbonyl (C=O) groups is 1. The minimum absolute atomic E-state index is 0.0180. The van der Waals surface area contributed by atoms with Gasteiger partial charge in [-0.2, -0.15) is 4.73 Å². The molecule has 1 aromatic heterocycles. The molecule has 0 fully saturated rings. The zero-order valence-corrected chi connectivity index (χ0v) is 17.3. The van der Waals surface area contributed by atoms with Crippen LogP contribution >= 0.6 is 0 Å². The Balaban J connectivity index is 1.43. The summed E-state index contributed by atoms with van der Waals surface area (Å²) < 4.78 is 6.94.